The number of ether oxygens (including phenoxy) is 3. The van der Waals surface area contributed by atoms with Gasteiger partial charge in [-0.2, -0.15) is 0 Å². The molecule has 424 valence electrons. The number of rotatable bonds is 60. The third kappa shape index (κ3) is 58.8. The largest absolute Gasteiger partial charge is 0.462 e. The van der Waals surface area contributed by atoms with Crippen LogP contribution in [0.15, 0.2) is 24.3 Å². The number of esters is 3. The Morgan fingerprint density at radius 3 is 0.722 bits per heavy atom. The van der Waals surface area contributed by atoms with Crippen molar-refractivity contribution in [3.05, 3.63) is 24.3 Å². The van der Waals surface area contributed by atoms with E-state index in [0.29, 0.717) is 19.3 Å². The predicted octanol–water partition coefficient (Wildman–Crippen LogP) is 21.8. The summed E-state index contributed by atoms with van der Waals surface area (Å²) in [7, 11) is 0. The van der Waals surface area contributed by atoms with E-state index in [1.807, 2.05) is 0 Å². The Morgan fingerprint density at radius 1 is 0.264 bits per heavy atom. The van der Waals surface area contributed by atoms with Gasteiger partial charge in [0.2, 0.25) is 0 Å². The van der Waals surface area contributed by atoms with Crippen LogP contribution in [0.3, 0.4) is 0 Å². The van der Waals surface area contributed by atoms with Crippen LogP contribution in [0, 0.1) is 0 Å². The highest BCUT2D eigenvalue weighted by molar-refractivity contribution is 5.71. The number of allylic oxidation sites excluding steroid dienone is 4. The fourth-order valence-electron chi connectivity index (χ4n) is 9.79. The van der Waals surface area contributed by atoms with Gasteiger partial charge in [-0.05, 0) is 70.6 Å². The zero-order valence-corrected chi connectivity index (χ0v) is 48.7. The maximum Gasteiger partial charge on any atom is 0.306 e. The fourth-order valence-corrected chi connectivity index (χ4v) is 9.79. The van der Waals surface area contributed by atoms with E-state index in [0.717, 1.165) is 64.2 Å². The number of carbonyl (C=O) groups excluding carboxylic acids is 3. The number of hydrogen-bond acceptors (Lipinski definition) is 6. The highest BCUT2D eigenvalue weighted by Crippen LogP contribution is 2.18. The summed E-state index contributed by atoms with van der Waals surface area (Å²) in [6, 6.07) is 0. The van der Waals surface area contributed by atoms with E-state index in [9.17, 15) is 14.4 Å². The zero-order valence-electron chi connectivity index (χ0n) is 48.7. The molecule has 0 spiro atoms. The topological polar surface area (TPSA) is 78.9 Å². The molecule has 0 amide bonds. The smallest absolute Gasteiger partial charge is 0.306 e. The van der Waals surface area contributed by atoms with Gasteiger partial charge < -0.3 is 14.2 Å². The Morgan fingerprint density at radius 2 is 0.458 bits per heavy atom. The first-order valence-electron chi connectivity index (χ1n) is 32.3. The van der Waals surface area contributed by atoms with Crippen molar-refractivity contribution in [1.29, 1.82) is 0 Å². The minimum atomic E-state index is -0.774. The van der Waals surface area contributed by atoms with Gasteiger partial charge in [0.05, 0.1) is 0 Å². The molecule has 0 aliphatic carbocycles. The molecular formula is C66H124O6. The molecule has 0 fully saturated rings. The monoisotopic (exact) mass is 1010 g/mol. The Balaban J connectivity index is 4.20. The van der Waals surface area contributed by atoms with Crippen molar-refractivity contribution in [3.8, 4) is 0 Å². The van der Waals surface area contributed by atoms with Gasteiger partial charge >= 0.3 is 17.9 Å². The van der Waals surface area contributed by atoms with Crippen LogP contribution in [-0.2, 0) is 28.6 Å². The van der Waals surface area contributed by atoms with Crippen LogP contribution in [0.25, 0.3) is 0 Å². The Labute approximate surface area is 449 Å². The van der Waals surface area contributed by atoms with E-state index < -0.39 is 6.10 Å². The third-order valence-electron chi connectivity index (χ3n) is 14.7. The molecule has 0 saturated carbocycles. The average Bonchev–Trinajstić information content (AvgIpc) is 3.38. The molecule has 1 atom stereocenters. The molecule has 6 heteroatoms. The van der Waals surface area contributed by atoms with E-state index in [-0.39, 0.29) is 31.1 Å². The summed E-state index contributed by atoms with van der Waals surface area (Å²) in [5, 5.41) is 0. The van der Waals surface area contributed by atoms with Gasteiger partial charge in [0.1, 0.15) is 13.2 Å². The van der Waals surface area contributed by atoms with Crippen molar-refractivity contribution < 1.29 is 28.6 Å². The summed E-state index contributed by atoms with van der Waals surface area (Å²) in [6.07, 6.45) is 73.4. The summed E-state index contributed by atoms with van der Waals surface area (Å²) in [4.78, 5) is 38.2. The Kier molecular flexibility index (Phi) is 59.6. The van der Waals surface area contributed by atoms with Crippen molar-refractivity contribution in [2.45, 2.75) is 367 Å². The Hall–Kier alpha value is -2.11. The summed E-state index contributed by atoms with van der Waals surface area (Å²) in [6.45, 7) is 6.66. The first-order valence-corrected chi connectivity index (χ1v) is 32.3. The van der Waals surface area contributed by atoms with Gasteiger partial charge in [-0.3, -0.25) is 14.4 Å². The molecule has 72 heavy (non-hydrogen) atoms. The molecule has 1 unspecified atom stereocenters. The quantitative estimate of drug-likeness (QED) is 0.0261. The fraction of sp³-hybridized carbons (Fsp3) is 0.894. The number of hydrogen-bond donors (Lipinski definition) is 0. The second-order valence-electron chi connectivity index (χ2n) is 22.0. The van der Waals surface area contributed by atoms with Crippen LogP contribution < -0.4 is 0 Å². The average molecular weight is 1010 g/mol. The minimum absolute atomic E-state index is 0.0709. The second-order valence-corrected chi connectivity index (χ2v) is 22.0. The van der Waals surface area contributed by atoms with Crippen LogP contribution >= 0.6 is 0 Å². The van der Waals surface area contributed by atoms with Crippen LogP contribution in [-0.4, -0.2) is 37.2 Å². The van der Waals surface area contributed by atoms with Crippen molar-refractivity contribution in [2.75, 3.05) is 13.2 Å². The molecule has 0 aliphatic heterocycles. The van der Waals surface area contributed by atoms with Crippen LogP contribution in [0.1, 0.15) is 361 Å². The molecule has 0 saturated heterocycles. The van der Waals surface area contributed by atoms with E-state index >= 15 is 0 Å². The first-order chi connectivity index (χ1) is 35.5. The van der Waals surface area contributed by atoms with Crippen LogP contribution in [0.5, 0.6) is 0 Å². The van der Waals surface area contributed by atoms with Crippen molar-refractivity contribution in [1.82, 2.24) is 0 Å². The lowest BCUT2D eigenvalue weighted by molar-refractivity contribution is -0.167. The van der Waals surface area contributed by atoms with E-state index in [4.69, 9.17) is 14.2 Å². The zero-order chi connectivity index (χ0) is 52.2. The summed E-state index contributed by atoms with van der Waals surface area (Å²) >= 11 is 0. The maximum absolute atomic E-state index is 12.9. The van der Waals surface area contributed by atoms with Gasteiger partial charge in [-0.25, -0.2) is 0 Å². The highest BCUT2D eigenvalue weighted by Gasteiger charge is 2.19. The van der Waals surface area contributed by atoms with Crippen LogP contribution in [0.4, 0.5) is 0 Å². The predicted molar refractivity (Wildman–Crippen MR) is 312 cm³/mol. The standard InChI is InChI=1S/C66H124O6/c1-4-7-10-13-16-19-22-25-27-29-30-31-32-33-34-35-36-38-39-41-44-47-50-53-56-59-65(68)71-62-63(61-70-64(67)58-55-52-49-46-43-24-21-18-15-12-9-6-3)72-66(69)60-57-54-51-48-45-42-40-37-28-26-23-20-17-14-11-8-5-2/h18,21,26,28,63H,4-17,19-20,22-25,27,29-62H2,1-3H3/b21-18-,28-26-. The molecule has 0 bridgehead atoms. The molecule has 0 N–H and O–H groups in total. The maximum atomic E-state index is 12.9. The van der Waals surface area contributed by atoms with E-state index in [1.165, 1.54) is 257 Å². The van der Waals surface area contributed by atoms with Gasteiger partial charge in [0, 0.05) is 19.3 Å². The molecule has 0 rings (SSSR count). The summed E-state index contributed by atoms with van der Waals surface area (Å²) in [5.41, 5.74) is 0. The molecule has 0 aromatic carbocycles. The lowest BCUT2D eigenvalue weighted by atomic mass is 10.0. The van der Waals surface area contributed by atoms with Crippen molar-refractivity contribution in [3.63, 3.8) is 0 Å². The molecule has 0 radical (unpaired) electrons. The van der Waals surface area contributed by atoms with Gasteiger partial charge in [0.25, 0.3) is 0 Å². The molecule has 0 heterocycles. The molecule has 0 aromatic heterocycles. The van der Waals surface area contributed by atoms with Gasteiger partial charge in [0.15, 0.2) is 6.10 Å². The van der Waals surface area contributed by atoms with Crippen molar-refractivity contribution in [2.24, 2.45) is 0 Å². The highest BCUT2D eigenvalue weighted by atomic mass is 16.6. The minimum Gasteiger partial charge on any atom is -0.462 e. The summed E-state index contributed by atoms with van der Waals surface area (Å²) in [5.74, 6) is -0.861. The third-order valence-corrected chi connectivity index (χ3v) is 14.7. The number of unbranched alkanes of at least 4 members (excludes halogenated alkanes) is 45. The van der Waals surface area contributed by atoms with Gasteiger partial charge in [-0.15, -0.1) is 0 Å². The second kappa shape index (κ2) is 61.4. The lowest BCUT2D eigenvalue weighted by Crippen LogP contribution is -2.30. The molecule has 0 aliphatic rings. The SMILES string of the molecule is CCCCC/C=C\CCCCCCCC(=O)OCC(COC(=O)CCCCCCCCCCCCCCCCCCCCCCCCCCC)OC(=O)CCCCCCCCC/C=C\CCCCCCCC. The molecule has 0 aromatic rings. The van der Waals surface area contributed by atoms with E-state index in [2.05, 4.69) is 45.1 Å². The molecular weight excluding hydrogens is 889 g/mol. The van der Waals surface area contributed by atoms with Crippen molar-refractivity contribution >= 4 is 17.9 Å². The first kappa shape index (κ1) is 69.9. The van der Waals surface area contributed by atoms with Crippen LogP contribution in [0.2, 0.25) is 0 Å². The lowest BCUT2D eigenvalue weighted by Gasteiger charge is -2.18. The van der Waals surface area contributed by atoms with E-state index in [1.54, 1.807) is 0 Å². The number of carbonyl (C=O) groups is 3. The normalized spacial score (nSPS) is 12.1. The Bertz CT molecular complexity index is 1160. The molecule has 6 nitrogen and oxygen atoms in total. The van der Waals surface area contributed by atoms with Gasteiger partial charge in [-0.1, -0.05) is 295 Å². The summed E-state index contributed by atoms with van der Waals surface area (Å²) < 4.78 is 16.9.